The predicted octanol–water partition coefficient (Wildman–Crippen LogP) is 3.84. The summed E-state index contributed by atoms with van der Waals surface area (Å²) in [5, 5.41) is 4.52. The molecular formula is C27H28F2N4O4. The lowest BCUT2D eigenvalue weighted by Gasteiger charge is -2.38. The van der Waals surface area contributed by atoms with Crippen LogP contribution >= 0.6 is 0 Å². The van der Waals surface area contributed by atoms with Gasteiger partial charge in [0.1, 0.15) is 41.6 Å². The van der Waals surface area contributed by atoms with Crippen molar-refractivity contribution in [1.82, 2.24) is 14.5 Å². The zero-order valence-electron chi connectivity index (χ0n) is 20.3. The molecule has 0 radical (unpaired) electrons. The van der Waals surface area contributed by atoms with E-state index in [1.807, 2.05) is 22.7 Å². The van der Waals surface area contributed by atoms with Gasteiger partial charge in [0.25, 0.3) is 5.91 Å². The van der Waals surface area contributed by atoms with E-state index in [-0.39, 0.29) is 24.3 Å². The summed E-state index contributed by atoms with van der Waals surface area (Å²) in [4.78, 5) is 17.6. The van der Waals surface area contributed by atoms with Gasteiger partial charge in [-0.1, -0.05) is 0 Å². The monoisotopic (exact) mass is 510 g/mol. The molecule has 0 N–H and O–H groups in total. The zero-order chi connectivity index (χ0) is 25.1. The van der Waals surface area contributed by atoms with Crippen LogP contribution in [0, 0.1) is 11.6 Å². The number of pyridine rings is 1. The standard InChI is InChI=1S/C27H28F2N4O4/c28-18-13-17(14-19(29)15-18)21-1-4-25-32(21)26(34)27(37-25)7-10-31(11-8-27)24-3-2-23(22-5-9-30-33(22)24)36-16-20-6-12-35-20/h2-3,5,9,13-15,20-21,25H,1,4,6-8,10-12,16H2. The number of carbonyl (C=O) groups is 1. The maximum Gasteiger partial charge on any atom is 0.257 e. The number of halogens is 2. The highest BCUT2D eigenvalue weighted by molar-refractivity contribution is 5.88. The van der Waals surface area contributed by atoms with E-state index in [1.54, 1.807) is 11.1 Å². The Labute approximate surface area is 212 Å². The van der Waals surface area contributed by atoms with Crippen LogP contribution < -0.4 is 9.64 Å². The number of anilines is 1. The molecule has 0 aliphatic carbocycles. The van der Waals surface area contributed by atoms with Crippen molar-refractivity contribution in [2.75, 3.05) is 31.2 Å². The Balaban J connectivity index is 1.07. The molecule has 1 aromatic carbocycles. The first kappa shape index (κ1) is 22.9. The molecule has 3 atom stereocenters. The zero-order valence-corrected chi connectivity index (χ0v) is 20.3. The first-order valence-corrected chi connectivity index (χ1v) is 12.9. The molecular weight excluding hydrogens is 482 g/mol. The summed E-state index contributed by atoms with van der Waals surface area (Å²) in [5.74, 6) is 0.357. The average Bonchev–Trinajstić information content (AvgIpc) is 3.55. The van der Waals surface area contributed by atoms with Crippen molar-refractivity contribution in [3.05, 3.63) is 59.8 Å². The van der Waals surface area contributed by atoms with Gasteiger partial charge in [0.05, 0.1) is 18.3 Å². The van der Waals surface area contributed by atoms with Crippen molar-refractivity contribution < 1.29 is 27.8 Å². The number of benzene rings is 1. The molecule has 4 saturated heterocycles. The number of carbonyl (C=O) groups excluding carboxylic acids is 1. The van der Waals surface area contributed by atoms with Gasteiger partial charge in [-0.15, -0.1) is 0 Å². The van der Waals surface area contributed by atoms with Crippen molar-refractivity contribution in [1.29, 1.82) is 0 Å². The first-order valence-electron chi connectivity index (χ1n) is 12.9. The Bertz CT molecular complexity index is 1330. The minimum absolute atomic E-state index is 0.0736. The molecule has 8 nitrogen and oxygen atoms in total. The normalized spacial score (nSPS) is 26.6. The van der Waals surface area contributed by atoms with Crippen LogP contribution in [-0.2, 0) is 14.3 Å². The number of nitrogens with zero attached hydrogens (tertiary/aromatic N) is 4. The summed E-state index contributed by atoms with van der Waals surface area (Å²) >= 11 is 0. The largest absolute Gasteiger partial charge is 0.489 e. The quantitative estimate of drug-likeness (QED) is 0.520. The van der Waals surface area contributed by atoms with Crippen LogP contribution in [0.3, 0.4) is 0 Å². The summed E-state index contributed by atoms with van der Waals surface area (Å²) in [7, 11) is 0. The maximum atomic E-state index is 13.9. The lowest BCUT2D eigenvalue weighted by atomic mass is 9.89. The Morgan fingerprint density at radius 1 is 1.05 bits per heavy atom. The number of amides is 1. The van der Waals surface area contributed by atoms with Gasteiger partial charge < -0.3 is 24.0 Å². The molecule has 6 heterocycles. The number of piperidine rings is 1. The highest BCUT2D eigenvalue weighted by Crippen LogP contribution is 2.48. The molecule has 1 amide bonds. The van der Waals surface area contributed by atoms with Crippen molar-refractivity contribution in [2.24, 2.45) is 0 Å². The number of aromatic nitrogens is 2. The molecule has 10 heteroatoms. The average molecular weight is 511 g/mol. The van der Waals surface area contributed by atoms with E-state index in [4.69, 9.17) is 14.2 Å². The van der Waals surface area contributed by atoms with Crippen LogP contribution in [0.2, 0.25) is 0 Å². The SMILES string of the molecule is O=C1N2C(CCC2c2cc(F)cc(F)c2)OC12CCN(c1ccc(OCC3CCO3)c3ccnn13)CC2. The second-order valence-electron chi connectivity index (χ2n) is 10.3. The van der Waals surface area contributed by atoms with Crippen LogP contribution in [-0.4, -0.2) is 64.7 Å². The molecule has 2 aromatic heterocycles. The van der Waals surface area contributed by atoms with E-state index in [0.717, 1.165) is 36.2 Å². The maximum absolute atomic E-state index is 13.9. The molecule has 3 unspecified atom stereocenters. The highest BCUT2D eigenvalue weighted by Gasteiger charge is 2.58. The van der Waals surface area contributed by atoms with E-state index in [9.17, 15) is 13.6 Å². The van der Waals surface area contributed by atoms with Crippen molar-refractivity contribution in [3.63, 3.8) is 0 Å². The number of hydrogen-bond donors (Lipinski definition) is 0. The van der Waals surface area contributed by atoms with Gasteiger partial charge in [0.2, 0.25) is 0 Å². The predicted molar refractivity (Wildman–Crippen MR) is 129 cm³/mol. The number of hydrogen-bond acceptors (Lipinski definition) is 6. The van der Waals surface area contributed by atoms with Gasteiger partial charge in [-0.3, -0.25) is 4.79 Å². The van der Waals surface area contributed by atoms with E-state index in [1.165, 1.54) is 12.1 Å². The molecule has 37 heavy (non-hydrogen) atoms. The summed E-state index contributed by atoms with van der Waals surface area (Å²) in [6.45, 7) is 2.56. The molecule has 1 spiro atoms. The number of fused-ring (bicyclic) bond motifs is 2. The fraction of sp³-hybridized carbons (Fsp3) is 0.481. The van der Waals surface area contributed by atoms with Gasteiger partial charge in [-0.05, 0) is 48.7 Å². The van der Waals surface area contributed by atoms with E-state index in [0.29, 0.717) is 50.9 Å². The molecule has 3 aromatic rings. The van der Waals surface area contributed by atoms with Gasteiger partial charge in [0, 0.05) is 45.0 Å². The van der Waals surface area contributed by atoms with Crippen LogP contribution in [0.25, 0.3) is 5.52 Å². The van der Waals surface area contributed by atoms with Crippen LogP contribution in [0.4, 0.5) is 14.6 Å². The third-order valence-corrected chi connectivity index (χ3v) is 8.20. The Morgan fingerprint density at radius 3 is 2.57 bits per heavy atom. The topological polar surface area (TPSA) is 68.5 Å². The molecule has 4 fully saturated rings. The molecule has 7 rings (SSSR count). The Morgan fingerprint density at radius 2 is 1.84 bits per heavy atom. The first-order chi connectivity index (χ1) is 18.0. The van der Waals surface area contributed by atoms with Crippen LogP contribution in [0.5, 0.6) is 5.75 Å². The summed E-state index contributed by atoms with van der Waals surface area (Å²) in [6, 6.07) is 9.01. The second-order valence-corrected chi connectivity index (χ2v) is 10.3. The van der Waals surface area contributed by atoms with Crippen molar-refractivity contribution >= 4 is 17.2 Å². The minimum Gasteiger partial charge on any atom is -0.489 e. The Hall–Kier alpha value is -3.24. The Kier molecular flexibility index (Phi) is 5.37. The van der Waals surface area contributed by atoms with Gasteiger partial charge in [-0.25, -0.2) is 13.3 Å². The fourth-order valence-corrected chi connectivity index (χ4v) is 6.18. The number of rotatable bonds is 5. The third-order valence-electron chi connectivity index (χ3n) is 8.20. The third kappa shape index (κ3) is 3.76. The van der Waals surface area contributed by atoms with Gasteiger partial charge in [-0.2, -0.15) is 5.10 Å². The van der Waals surface area contributed by atoms with E-state index in [2.05, 4.69) is 10.00 Å². The van der Waals surface area contributed by atoms with E-state index >= 15 is 0 Å². The lowest BCUT2D eigenvalue weighted by molar-refractivity contribution is -0.140. The molecule has 0 saturated carbocycles. The second kappa shape index (κ2) is 8.66. The van der Waals surface area contributed by atoms with Crippen molar-refractivity contribution in [3.8, 4) is 5.75 Å². The van der Waals surface area contributed by atoms with E-state index < -0.39 is 17.2 Å². The lowest BCUT2D eigenvalue weighted by Crippen LogP contribution is -2.50. The minimum atomic E-state index is -0.902. The molecule has 4 aliphatic heterocycles. The van der Waals surface area contributed by atoms with Crippen LogP contribution in [0.15, 0.2) is 42.6 Å². The molecule has 0 bridgehead atoms. The molecule has 4 aliphatic rings. The summed E-state index contributed by atoms with van der Waals surface area (Å²) in [6.07, 6.45) is 4.91. The molecule has 194 valence electrons. The summed E-state index contributed by atoms with van der Waals surface area (Å²) < 4.78 is 47.5. The van der Waals surface area contributed by atoms with Gasteiger partial charge in [0.15, 0.2) is 5.60 Å². The fourth-order valence-electron chi connectivity index (χ4n) is 6.18. The van der Waals surface area contributed by atoms with Gasteiger partial charge >= 0.3 is 0 Å². The smallest absolute Gasteiger partial charge is 0.257 e. The summed E-state index contributed by atoms with van der Waals surface area (Å²) in [5.41, 5.74) is 0.468. The van der Waals surface area contributed by atoms with Crippen LogP contribution in [0.1, 0.15) is 43.7 Å². The number of ether oxygens (including phenoxy) is 3. The highest BCUT2D eigenvalue weighted by atomic mass is 19.1. The van der Waals surface area contributed by atoms with Crippen molar-refractivity contribution in [2.45, 2.75) is 56.1 Å².